The van der Waals surface area contributed by atoms with E-state index in [1.165, 1.54) is 0 Å². The SMILES string of the molecule is O=C(c1cc(Br)cc(Br)c1)N1CCC(CCBr)C1. The van der Waals surface area contributed by atoms with Crippen molar-refractivity contribution >= 4 is 53.7 Å². The van der Waals surface area contributed by atoms with Crippen LogP contribution in [-0.2, 0) is 0 Å². The second-order valence-corrected chi connectivity index (χ2v) is 7.17. The van der Waals surface area contributed by atoms with Crippen molar-refractivity contribution in [2.75, 3.05) is 18.4 Å². The van der Waals surface area contributed by atoms with Crippen molar-refractivity contribution in [3.8, 4) is 0 Å². The fourth-order valence-corrected chi connectivity index (χ4v) is 4.21. The summed E-state index contributed by atoms with van der Waals surface area (Å²) in [6, 6.07) is 5.70. The van der Waals surface area contributed by atoms with Crippen molar-refractivity contribution in [2.45, 2.75) is 12.8 Å². The molecular formula is C13H14Br3NO. The monoisotopic (exact) mass is 437 g/mol. The zero-order valence-electron chi connectivity index (χ0n) is 9.83. The van der Waals surface area contributed by atoms with Gasteiger partial charge in [0.2, 0.25) is 0 Å². The Labute approximate surface area is 133 Å². The van der Waals surface area contributed by atoms with Crippen molar-refractivity contribution in [2.24, 2.45) is 5.92 Å². The molecule has 1 aliphatic heterocycles. The molecule has 0 aromatic heterocycles. The summed E-state index contributed by atoms with van der Waals surface area (Å²) >= 11 is 10.3. The second kappa shape index (κ2) is 6.53. The number of nitrogens with zero attached hydrogens (tertiary/aromatic N) is 1. The number of likely N-dealkylation sites (tertiary alicyclic amines) is 1. The predicted octanol–water partition coefficient (Wildman–Crippen LogP) is 4.46. The van der Waals surface area contributed by atoms with E-state index in [9.17, 15) is 4.79 Å². The van der Waals surface area contributed by atoms with Crippen LogP contribution < -0.4 is 0 Å². The summed E-state index contributed by atoms with van der Waals surface area (Å²) in [7, 11) is 0. The Bertz CT molecular complexity index is 430. The molecule has 0 bridgehead atoms. The Morgan fingerprint density at radius 3 is 2.56 bits per heavy atom. The van der Waals surface area contributed by atoms with Gasteiger partial charge in [-0.15, -0.1) is 0 Å². The molecule has 1 aromatic rings. The summed E-state index contributed by atoms with van der Waals surface area (Å²) in [4.78, 5) is 14.3. The summed E-state index contributed by atoms with van der Waals surface area (Å²) in [6.07, 6.45) is 2.26. The highest BCUT2D eigenvalue weighted by Gasteiger charge is 2.26. The van der Waals surface area contributed by atoms with Gasteiger partial charge in [-0.05, 0) is 37.0 Å². The smallest absolute Gasteiger partial charge is 0.253 e. The van der Waals surface area contributed by atoms with Gasteiger partial charge in [0.15, 0.2) is 0 Å². The molecule has 0 aliphatic carbocycles. The molecule has 2 rings (SSSR count). The topological polar surface area (TPSA) is 20.3 Å². The largest absolute Gasteiger partial charge is 0.338 e. The van der Waals surface area contributed by atoms with Crippen molar-refractivity contribution < 1.29 is 4.79 Å². The molecule has 0 N–H and O–H groups in total. The zero-order valence-corrected chi connectivity index (χ0v) is 14.6. The molecule has 98 valence electrons. The molecule has 1 fully saturated rings. The van der Waals surface area contributed by atoms with E-state index in [1.807, 2.05) is 23.1 Å². The van der Waals surface area contributed by atoms with Gasteiger partial charge < -0.3 is 4.90 Å². The van der Waals surface area contributed by atoms with Crippen molar-refractivity contribution in [3.63, 3.8) is 0 Å². The van der Waals surface area contributed by atoms with Crippen LogP contribution in [0.25, 0.3) is 0 Å². The van der Waals surface area contributed by atoms with Gasteiger partial charge >= 0.3 is 0 Å². The summed E-state index contributed by atoms with van der Waals surface area (Å²) in [5, 5.41) is 1.02. The van der Waals surface area contributed by atoms with Crippen molar-refractivity contribution in [1.82, 2.24) is 4.90 Å². The predicted molar refractivity (Wildman–Crippen MR) is 84.3 cm³/mol. The Morgan fingerprint density at radius 2 is 1.94 bits per heavy atom. The molecule has 1 aromatic carbocycles. The third-order valence-electron chi connectivity index (χ3n) is 3.20. The molecule has 1 heterocycles. The third kappa shape index (κ3) is 3.58. The van der Waals surface area contributed by atoms with Gasteiger partial charge in [0.05, 0.1) is 0 Å². The van der Waals surface area contributed by atoms with Crippen LogP contribution in [0.5, 0.6) is 0 Å². The lowest BCUT2D eigenvalue weighted by Gasteiger charge is -2.16. The Balaban J connectivity index is 2.08. The molecule has 1 unspecified atom stereocenters. The summed E-state index contributed by atoms with van der Waals surface area (Å²) in [6.45, 7) is 1.76. The van der Waals surface area contributed by atoms with Gasteiger partial charge in [-0.25, -0.2) is 0 Å². The number of benzene rings is 1. The molecule has 0 spiro atoms. The van der Waals surface area contributed by atoms with Crippen LogP contribution in [0.2, 0.25) is 0 Å². The molecule has 1 amide bonds. The first-order chi connectivity index (χ1) is 8.60. The van der Waals surface area contributed by atoms with Crippen LogP contribution in [0, 0.1) is 5.92 Å². The van der Waals surface area contributed by atoms with Crippen LogP contribution in [0.1, 0.15) is 23.2 Å². The maximum atomic E-state index is 12.4. The van der Waals surface area contributed by atoms with E-state index in [0.717, 1.165) is 45.8 Å². The van der Waals surface area contributed by atoms with Crippen LogP contribution in [-0.4, -0.2) is 29.2 Å². The quantitative estimate of drug-likeness (QED) is 0.637. The fraction of sp³-hybridized carbons (Fsp3) is 0.462. The Hall–Kier alpha value is 0.130. The molecular weight excluding hydrogens is 426 g/mol. The van der Waals surface area contributed by atoms with Crippen LogP contribution in [0.15, 0.2) is 27.1 Å². The number of hydrogen-bond donors (Lipinski definition) is 0. The first-order valence-corrected chi connectivity index (χ1v) is 8.62. The number of halogens is 3. The summed E-state index contributed by atoms with van der Waals surface area (Å²) in [5.74, 6) is 0.776. The van der Waals surface area contributed by atoms with Crippen molar-refractivity contribution in [3.05, 3.63) is 32.7 Å². The summed E-state index contributed by atoms with van der Waals surface area (Å²) < 4.78 is 1.85. The molecule has 1 saturated heterocycles. The maximum Gasteiger partial charge on any atom is 0.253 e. The van der Waals surface area contributed by atoms with Gasteiger partial charge in [-0.1, -0.05) is 47.8 Å². The highest BCUT2D eigenvalue weighted by molar-refractivity contribution is 9.11. The third-order valence-corrected chi connectivity index (χ3v) is 4.57. The van der Waals surface area contributed by atoms with Gasteiger partial charge in [0.25, 0.3) is 5.91 Å². The standard InChI is InChI=1S/C13H14Br3NO/c14-3-1-9-2-4-17(8-9)13(18)10-5-11(15)7-12(16)6-10/h5-7,9H,1-4,8H2. The van der Waals surface area contributed by atoms with Crippen molar-refractivity contribution in [1.29, 1.82) is 0 Å². The van der Waals surface area contributed by atoms with E-state index in [-0.39, 0.29) is 5.91 Å². The number of carbonyl (C=O) groups is 1. The molecule has 18 heavy (non-hydrogen) atoms. The number of alkyl halides is 1. The normalized spacial score (nSPS) is 19.3. The highest BCUT2D eigenvalue weighted by Crippen LogP contribution is 2.25. The average Bonchev–Trinajstić information content (AvgIpc) is 2.76. The Kier molecular flexibility index (Phi) is 5.27. The minimum Gasteiger partial charge on any atom is -0.338 e. The maximum absolute atomic E-state index is 12.4. The molecule has 1 atom stereocenters. The van der Waals surface area contributed by atoms with Gasteiger partial charge in [0.1, 0.15) is 0 Å². The van der Waals surface area contributed by atoms with E-state index in [1.54, 1.807) is 0 Å². The number of amides is 1. The van der Waals surface area contributed by atoms with E-state index in [4.69, 9.17) is 0 Å². The molecule has 5 heteroatoms. The van der Waals surface area contributed by atoms with Crippen LogP contribution in [0.3, 0.4) is 0 Å². The first-order valence-electron chi connectivity index (χ1n) is 5.91. The molecule has 0 radical (unpaired) electrons. The van der Waals surface area contributed by atoms with E-state index in [0.29, 0.717) is 5.92 Å². The second-order valence-electron chi connectivity index (χ2n) is 4.54. The van der Waals surface area contributed by atoms with E-state index in [2.05, 4.69) is 47.8 Å². The molecule has 0 saturated carbocycles. The van der Waals surface area contributed by atoms with Gasteiger partial charge in [-0.2, -0.15) is 0 Å². The number of carbonyl (C=O) groups excluding carboxylic acids is 1. The number of rotatable bonds is 3. The fourth-order valence-electron chi connectivity index (χ4n) is 2.27. The minimum atomic E-state index is 0.133. The average molecular weight is 440 g/mol. The lowest BCUT2D eigenvalue weighted by Crippen LogP contribution is -2.28. The van der Waals surface area contributed by atoms with Gasteiger partial charge in [0, 0.05) is 32.9 Å². The van der Waals surface area contributed by atoms with Gasteiger partial charge in [-0.3, -0.25) is 4.79 Å². The first kappa shape index (κ1) is 14.5. The lowest BCUT2D eigenvalue weighted by atomic mass is 10.1. The van der Waals surface area contributed by atoms with E-state index >= 15 is 0 Å². The highest BCUT2D eigenvalue weighted by atomic mass is 79.9. The molecule has 1 aliphatic rings. The van der Waals surface area contributed by atoms with E-state index < -0.39 is 0 Å². The molecule has 2 nitrogen and oxygen atoms in total. The van der Waals surface area contributed by atoms with Crippen LogP contribution >= 0.6 is 47.8 Å². The van der Waals surface area contributed by atoms with Crippen LogP contribution in [0.4, 0.5) is 0 Å². The lowest BCUT2D eigenvalue weighted by molar-refractivity contribution is 0.0787. The zero-order chi connectivity index (χ0) is 13.1. The number of hydrogen-bond acceptors (Lipinski definition) is 1. The Morgan fingerprint density at radius 1 is 1.28 bits per heavy atom. The minimum absolute atomic E-state index is 0.133. The summed E-state index contributed by atoms with van der Waals surface area (Å²) in [5.41, 5.74) is 0.746.